The van der Waals surface area contributed by atoms with E-state index in [-0.39, 0.29) is 0 Å². The maximum Gasteiger partial charge on any atom is 0.164 e. The number of aromatic nitrogens is 8. The number of benzene rings is 4. The number of hydrogen-bond donors (Lipinski definition) is 2. The lowest BCUT2D eigenvalue weighted by atomic mass is 10.1. The van der Waals surface area contributed by atoms with Gasteiger partial charge in [0.05, 0.1) is 52.9 Å². The van der Waals surface area contributed by atoms with E-state index in [1.165, 1.54) is 0 Å². The number of H-pyrrole nitrogens is 2. The van der Waals surface area contributed by atoms with Crippen molar-refractivity contribution in [2.24, 2.45) is 0 Å². The van der Waals surface area contributed by atoms with Crippen LogP contribution >= 0.6 is 0 Å². The van der Waals surface area contributed by atoms with Crippen LogP contribution in [0.4, 0.5) is 0 Å². The second-order valence-electron chi connectivity index (χ2n) is 21.2. The third-order valence-corrected chi connectivity index (χ3v) is 14.6. The summed E-state index contributed by atoms with van der Waals surface area (Å²) in [6.45, 7) is 34.8. The highest BCUT2D eigenvalue weighted by atomic mass is 16.5. The van der Waals surface area contributed by atoms with E-state index in [1.54, 1.807) is 0 Å². The number of unbranched alkanes of at least 4 members (excludes halogenated alkanes) is 8. The summed E-state index contributed by atoms with van der Waals surface area (Å²) in [4.78, 5) is 39.6. The van der Waals surface area contributed by atoms with Crippen molar-refractivity contribution >= 4 is 44.1 Å². The number of fused-ring (bicyclic) bond motifs is 20. The number of nitrogens with one attached hydrogen (secondary N) is 2. The van der Waals surface area contributed by atoms with Crippen LogP contribution in [0.15, 0.2) is 150 Å². The van der Waals surface area contributed by atoms with Crippen molar-refractivity contribution in [2.75, 3.05) is 52.9 Å². The topological polar surface area (TPSA) is 183 Å². The molecule has 2 aliphatic heterocycles. The monoisotopic (exact) mass is 1190 g/mol. The van der Waals surface area contributed by atoms with Gasteiger partial charge in [0.1, 0.15) is 22.6 Å². The van der Waals surface area contributed by atoms with Gasteiger partial charge in [-0.25, -0.2) is 29.9 Å². The zero-order valence-corrected chi connectivity index (χ0v) is 50.8. The maximum atomic E-state index is 6.56. The van der Waals surface area contributed by atoms with Crippen LogP contribution in [-0.2, 0) is 0 Å². The third kappa shape index (κ3) is 15.8. The van der Waals surface area contributed by atoms with E-state index in [2.05, 4.69) is 62.6 Å². The van der Waals surface area contributed by atoms with Crippen molar-refractivity contribution in [1.29, 1.82) is 0 Å². The summed E-state index contributed by atoms with van der Waals surface area (Å²) >= 11 is 0. The molecule has 16 heteroatoms. The van der Waals surface area contributed by atoms with Crippen LogP contribution < -0.4 is 37.9 Å². The van der Waals surface area contributed by atoms with Crippen molar-refractivity contribution < 1.29 is 37.9 Å². The highest BCUT2D eigenvalue weighted by Crippen LogP contribution is 2.46. The summed E-state index contributed by atoms with van der Waals surface area (Å²) < 4.78 is 52.4. The zero-order chi connectivity index (χ0) is 61.5. The predicted octanol–water partition coefficient (Wildman–Crippen LogP) is 17.6. The van der Waals surface area contributed by atoms with Crippen LogP contribution in [0.1, 0.15) is 103 Å². The first-order chi connectivity index (χ1) is 43.3. The molecule has 16 nitrogen and oxygen atoms in total. The standard InChI is InChI=1S/C72H82N8O8/c1-9-17-25-33-81-57-41-49-50(42-58(57)82-34-26-18-10-2)66-73-65(49)77-67-51-43-59(83-35-27-19-11-3)60(84-36-28-20-12-4)44-52(51)69(74-67)79-71-55-47-63(87-39-31-23-15-7)64(88-40-32-24-16-8)48-56(55)72(76-71)80-70-54-46-62(86-38-30-22-14-6)61(85-37-29-21-13-5)45-53(54)68(75-70)78-66/h9-16,41-48H,1-8,17-40H2,(H2,73,74,75,76,77,78,79,80). The van der Waals surface area contributed by atoms with Crippen molar-refractivity contribution in [3.63, 3.8) is 0 Å². The Balaban J connectivity index is 1.40. The lowest BCUT2D eigenvalue weighted by Crippen LogP contribution is -2.03. The van der Waals surface area contributed by atoms with Gasteiger partial charge < -0.3 is 47.9 Å². The fraction of sp³-hybridized carbons (Fsp3) is 0.333. The molecule has 0 atom stereocenters. The Morgan fingerprint density at radius 2 is 0.420 bits per heavy atom. The van der Waals surface area contributed by atoms with Crippen LogP contribution in [0.2, 0.25) is 0 Å². The van der Waals surface area contributed by atoms with Gasteiger partial charge in [-0.05, 0) is 151 Å². The minimum absolute atomic E-state index is 0.364. The van der Waals surface area contributed by atoms with Crippen LogP contribution in [0.25, 0.3) is 89.7 Å². The molecule has 2 aliphatic rings. The zero-order valence-electron chi connectivity index (χ0n) is 50.8. The largest absolute Gasteiger partial charge is 0.490 e. The second-order valence-corrected chi connectivity index (χ2v) is 21.2. The molecule has 0 spiro atoms. The Hall–Kier alpha value is -9.44. The number of nitrogens with zero attached hydrogens (tertiary/aromatic N) is 6. The van der Waals surface area contributed by atoms with Gasteiger partial charge in [-0.1, -0.05) is 48.6 Å². The number of hydrogen-bond acceptors (Lipinski definition) is 14. The summed E-state index contributed by atoms with van der Waals surface area (Å²) in [6.07, 6.45) is 27.4. The van der Waals surface area contributed by atoms with Crippen molar-refractivity contribution in [3.8, 4) is 91.5 Å². The average Bonchev–Trinajstić information content (AvgIpc) is 2.03. The van der Waals surface area contributed by atoms with Gasteiger partial charge in [0, 0.05) is 43.8 Å². The van der Waals surface area contributed by atoms with Crippen LogP contribution in [0.5, 0.6) is 46.0 Å². The van der Waals surface area contributed by atoms with Crippen LogP contribution in [0, 0.1) is 0 Å². The van der Waals surface area contributed by atoms with E-state index in [1.807, 2.05) is 97.1 Å². The van der Waals surface area contributed by atoms with Crippen molar-refractivity contribution in [2.45, 2.75) is 103 Å². The van der Waals surface area contributed by atoms with E-state index in [4.69, 9.17) is 67.8 Å². The summed E-state index contributed by atoms with van der Waals surface area (Å²) in [5.41, 5.74) is 4.48. The van der Waals surface area contributed by atoms with E-state index in [0.29, 0.717) is 189 Å². The molecule has 7 aromatic rings. The van der Waals surface area contributed by atoms with Gasteiger partial charge in [-0.2, -0.15) is 0 Å². The van der Waals surface area contributed by atoms with Gasteiger partial charge >= 0.3 is 0 Å². The molecule has 9 rings (SSSR count). The Bertz CT molecular complexity index is 3340. The Labute approximate surface area is 516 Å². The Morgan fingerprint density at radius 3 is 0.591 bits per heavy atom. The Morgan fingerprint density at radius 1 is 0.250 bits per heavy atom. The molecule has 88 heavy (non-hydrogen) atoms. The maximum absolute atomic E-state index is 6.56. The lowest BCUT2D eigenvalue weighted by molar-refractivity contribution is 0.264. The number of ether oxygens (including phenoxy) is 8. The van der Waals surface area contributed by atoms with Gasteiger partial charge in [-0.3, -0.25) is 0 Å². The highest BCUT2D eigenvalue weighted by molar-refractivity contribution is 6.08. The summed E-state index contributed by atoms with van der Waals surface area (Å²) in [6, 6.07) is 15.6. The van der Waals surface area contributed by atoms with Gasteiger partial charge in [0.25, 0.3) is 0 Å². The molecule has 3 aromatic heterocycles. The summed E-state index contributed by atoms with van der Waals surface area (Å²) in [5, 5.41) is 2.79. The first kappa shape index (κ1) is 63.1. The van der Waals surface area contributed by atoms with Crippen molar-refractivity contribution in [3.05, 3.63) is 150 Å². The van der Waals surface area contributed by atoms with Crippen LogP contribution in [0.3, 0.4) is 0 Å². The molecule has 0 unspecified atom stereocenters. The molecule has 0 aliphatic carbocycles. The minimum Gasteiger partial charge on any atom is -0.490 e. The molecule has 458 valence electrons. The fourth-order valence-electron chi connectivity index (χ4n) is 10.00. The predicted molar refractivity (Wildman–Crippen MR) is 355 cm³/mol. The molecule has 2 N–H and O–H groups in total. The normalized spacial score (nSPS) is 11.3. The number of rotatable bonds is 40. The molecule has 0 amide bonds. The van der Waals surface area contributed by atoms with E-state index >= 15 is 0 Å². The molecule has 4 aromatic carbocycles. The molecule has 0 saturated heterocycles. The third-order valence-electron chi connectivity index (χ3n) is 14.6. The molecule has 5 heterocycles. The molecule has 8 bridgehead atoms. The molecular weight excluding hydrogens is 1100 g/mol. The quantitative estimate of drug-likeness (QED) is 0.0273. The molecule has 0 radical (unpaired) electrons. The number of aromatic amines is 2. The van der Waals surface area contributed by atoms with Crippen LogP contribution in [-0.4, -0.2) is 92.7 Å². The van der Waals surface area contributed by atoms with Crippen molar-refractivity contribution in [1.82, 2.24) is 39.9 Å². The first-order valence-electron chi connectivity index (χ1n) is 30.8. The lowest BCUT2D eigenvalue weighted by Gasteiger charge is -2.14. The summed E-state index contributed by atoms with van der Waals surface area (Å²) in [5.74, 6) is 5.82. The fourth-order valence-corrected chi connectivity index (χ4v) is 10.00. The smallest absolute Gasteiger partial charge is 0.164 e. The van der Waals surface area contributed by atoms with E-state index in [9.17, 15) is 0 Å². The second kappa shape index (κ2) is 32.3. The van der Waals surface area contributed by atoms with Gasteiger partial charge in [0.15, 0.2) is 69.3 Å². The van der Waals surface area contributed by atoms with Gasteiger partial charge in [0.2, 0.25) is 0 Å². The molecular formula is C72H82N8O8. The highest BCUT2D eigenvalue weighted by Gasteiger charge is 2.28. The number of allylic oxidation sites excluding steroid dienone is 8. The van der Waals surface area contributed by atoms with E-state index < -0.39 is 0 Å². The summed E-state index contributed by atoms with van der Waals surface area (Å²) in [7, 11) is 0. The SMILES string of the molecule is C=CCCCOc1cc2c(cc1OCCCC=C)-c1nc-2nc2[nH]c(nc3nc(nc4[nH]c(n1)c1cc(OCCCC=C)c(OCCCC=C)cc41)-c1cc(OCCCC=C)c(OCCCC=C)cc1-3)c1cc(OCCCC=C)c(OCCCC=C)cc21. The van der Waals surface area contributed by atoms with E-state index in [0.717, 1.165) is 103 Å². The average molecular weight is 1190 g/mol. The first-order valence-corrected chi connectivity index (χ1v) is 30.8. The molecule has 0 fully saturated rings. The minimum atomic E-state index is 0.364. The van der Waals surface area contributed by atoms with Gasteiger partial charge in [-0.15, -0.1) is 52.6 Å². The molecule has 0 saturated carbocycles. The Kier molecular flexibility index (Phi) is 23.2.